The molecule has 9 aliphatic rings. The molecule has 3 saturated heterocycles. The minimum Gasteiger partial charge on any atom is -0.473 e. The van der Waals surface area contributed by atoms with Gasteiger partial charge in [-0.15, -0.1) is 0 Å². The molecule has 0 aromatic carbocycles. The summed E-state index contributed by atoms with van der Waals surface area (Å²) in [4.78, 5) is 166. The number of halogens is 3. The van der Waals surface area contributed by atoms with Gasteiger partial charge in [-0.3, -0.25) is 43.7 Å². The average molecular weight is 1840 g/mol. The monoisotopic (exact) mass is 1830 g/mol. The SMILES string of the molecule is CN(C)Cc1nc(NC(=O)C2CC2)cnc1C1CCOC1.COC(=O)c1nc(Br)cnc1Cl.COC(=O)c1nc(NC(=O)C2CC2)cnc1-c1ccoc1.COC(=O)c1nc(NC(=O)C2CC2)cnc1C1CCOC1.COC(=O)c1nc(NC(=O)C2CC2)cnc1Cl.NC(=O)C1CC1.O=C(Nc1cnc(C2CCOC2)c(CO)n1)C1CC1.OB(O)c1ccoc1. The van der Waals surface area contributed by atoms with Gasteiger partial charge in [0.2, 0.25) is 35.4 Å². The number of furan rings is 2. The van der Waals surface area contributed by atoms with Crippen molar-refractivity contribution in [2.45, 2.75) is 127 Å². The smallest absolute Gasteiger partial charge is 0.473 e. The number of methoxy groups -OCH3 is 4. The average Bonchev–Trinajstić information content (AvgIpc) is 1.67. The zero-order valence-electron chi connectivity index (χ0n) is 69.1. The molecule has 6 saturated carbocycles. The Labute approximate surface area is 735 Å². The molecule has 8 aromatic heterocycles. The van der Waals surface area contributed by atoms with E-state index in [1.165, 1.54) is 84.3 Å². The zero-order valence-corrected chi connectivity index (χ0v) is 72.2. The fourth-order valence-corrected chi connectivity index (χ4v) is 12.3. The van der Waals surface area contributed by atoms with E-state index in [4.69, 9.17) is 67.1 Å². The molecule has 666 valence electrons. The molecule has 6 amide bonds. The standard InChI is InChI=1S/C15H22N4O2.C14H17N3O4.C14H13N3O4.C13H17N3O3.C10H10ClN3O3.C6H4BrClN2O2.C4H5BO3.C4H7NO/c1-19(2)8-12-14(11-5-6-21-9-11)16-7-13(17-12)18-15(20)10-3-4-10;2*1-20-14(19)12-11(9-4-5-21-7-9)15-6-10(16-12)17-13(18)8-2-3-8;17-6-10-12(9-3-4-19-7-9)14-5-11(15-10)16-13(18)8-1-2-8;1-17-10(16)7-8(11)12-4-6(13-7)14-9(15)5-2-3-5;1-12-6(11)4-5(8)9-2-3(7)10-4;6-5(7)4-1-2-8-3-4;5-4(6)3-1-2-3/h7,10-11H,3-6,8-9H2,1-2H3,(H,17,18,20);6,8-9H,2-5,7H2,1H3,(H,16,17,18);4-8H,2-3H2,1H3,(H,16,17,18);5,8-9,17H,1-4,6-7H2,(H,15,16,18);4-5H,2-3H2,1H3,(H,13,14,15);2H,1H3;1-3,6-7H;3H,1-2H2,(H2,5,6). The normalized spacial score (nSPS) is 17.4. The topological polar surface area (TPSA) is 566 Å². The number of anilines is 5. The number of rotatable bonds is 23. The molecule has 10 N–H and O–H groups in total. The quantitative estimate of drug-likeness (QED) is 0.0177. The summed E-state index contributed by atoms with van der Waals surface area (Å²) >= 11 is 14.3. The summed E-state index contributed by atoms with van der Waals surface area (Å²) in [6.07, 6.45) is 28.4. The van der Waals surface area contributed by atoms with Crippen molar-refractivity contribution in [3.05, 3.63) is 141 Å². The van der Waals surface area contributed by atoms with Crippen LogP contribution in [0.5, 0.6) is 0 Å². The summed E-state index contributed by atoms with van der Waals surface area (Å²) in [5.74, 6) is 0.144. The molecule has 0 radical (unpaired) electrons. The number of aliphatic hydroxyl groups is 1. The third-order valence-electron chi connectivity index (χ3n) is 19.4. The maximum Gasteiger partial charge on any atom is 0.491 e. The van der Waals surface area contributed by atoms with Gasteiger partial charge < -0.3 is 94.4 Å². The van der Waals surface area contributed by atoms with Crippen LogP contribution >= 0.6 is 39.1 Å². The predicted octanol–water partition coefficient (Wildman–Crippen LogP) is 6.98. The van der Waals surface area contributed by atoms with Gasteiger partial charge in [0.25, 0.3) is 0 Å². The molecular weight excluding hydrogens is 1740 g/mol. The van der Waals surface area contributed by atoms with Crippen molar-refractivity contribution in [1.82, 2.24) is 64.7 Å². The number of nitrogens with zero attached hydrogens (tertiary/aromatic N) is 13. The number of esters is 4. The van der Waals surface area contributed by atoms with Crippen LogP contribution in [0.25, 0.3) is 11.3 Å². The lowest BCUT2D eigenvalue weighted by Gasteiger charge is -2.17. The number of amides is 6. The first-order chi connectivity index (χ1) is 60.1. The van der Waals surface area contributed by atoms with Crippen molar-refractivity contribution >= 4 is 140 Å². The van der Waals surface area contributed by atoms with Crippen molar-refractivity contribution in [2.75, 3.05) is 109 Å². The number of hydrogen-bond acceptors (Lipinski definition) is 35. The first-order valence-corrected chi connectivity index (χ1v) is 41.4. The molecular formula is C80H95BBrCl2N19O22. The molecule has 9 fully saturated rings. The minimum atomic E-state index is -1.41. The van der Waals surface area contributed by atoms with Crippen LogP contribution in [0.1, 0.15) is 184 Å². The summed E-state index contributed by atoms with van der Waals surface area (Å²) in [5, 5.41) is 39.7. The van der Waals surface area contributed by atoms with E-state index in [1.807, 2.05) is 14.1 Å². The number of aromatic nitrogens is 12. The van der Waals surface area contributed by atoms with E-state index in [0.717, 1.165) is 127 Å². The highest BCUT2D eigenvalue weighted by Crippen LogP contribution is 2.36. The third kappa shape index (κ3) is 30.2. The Balaban J connectivity index is 0.000000153. The van der Waals surface area contributed by atoms with Crippen LogP contribution in [0.4, 0.5) is 29.1 Å². The van der Waals surface area contributed by atoms with Gasteiger partial charge in [-0.2, -0.15) is 0 Å². The second-order valence-corrected chi connectivity index (χ2v) is 31.4. The largest absolute Gasteiger partial charge is 0.491 e. The third-order valence-corrected chi connectivity index (χ3v) is 20.4. The van der Waals surface area contributed by atoms with Crippen molar-refractivity contribution in [3.63, 3.8) is 0 Å². The second-order valence-electron chi connectivity index (χ2n) is 29.8. The highest BCUT2D eigenvalue weighted by atomic mass is 79.9. The highest BCUT2D eigenvalue weighted by Gasteiger charge is 2.36. The van der Waals surface area contributed by atoms with Crippen LogP contribution in [-0.4, -0.2) is 228 Å². The van der Waals surface area contributed by atoms with Crippen molar-refractivity contribution in [2.24, 2.45) is 41.2 Å². The molecule has 11 heterocycles. The molecule has 17 rings (SSSR count). The van der Waals surface area contributed by atoms with Crippen LogP contribution < -0.4 is 37.8 Å². The van der Waals surface area contributed by atoms with Gasteiger partial charge in [0.15, 0.2) is 62.2 Å². The molecule has 3 unspecified atom stereocenters. The number of hydrogen-bond donors (Lipinski definition) is 9. The Morgan fingerprint density at radius 1 is 0.456 bits per heavy atom. The van der Waals surface area contributed by atoms with Gasteiger partial charge in [0, 0.05) is 90.7 Å². The number of nitrogens with one attached hydrogen (secondary N) is 5. The van der Waals surface area contributed by atoms with E-state index in [-0.39, 0.29) is 140 Å². The second kappa shape index (κ2) is 47.1. The molecule has 45 heteroatoms. The van der Waals surface area contributed by atoms with Crippen molar-refractivity contribution in [1.29, 1.82) is 0 Å². The van der Waals surface area contributed by atoms with Gasteiger partial charge in [-0.05, 0) is 138 Å². The minimum absolute atomic E-state index is 0.00450. The molecule has 0 bridgehead atoms. The fraction of sp³-hybridized carbons (Fsp3) is 0.475. The lowest BCUT2D eigenvalue weighted by Crippen LogP contribution is -2.27. The van der Waals surface area contributed by atoms with E-state index >= 15 is 0 Å². The lowest BCUT2D eigenvalue weighted by atomic mass is 9.83. The van der Waals surface area contributed by atoms with Crippen LogP contribution in [0.2, 0.25) is 10.3 Å². The maximum atomic E-state index is 11.9. The molecule has 125 heavy (non-hydrogen) atoms. The molecule has 3 atom stereocenters. The Bertz CT molecular complexity index is 5050. The maximum absolute atomic E-state index is 11.9. The first-order valence-electron chi connectivity index (χ1n) is 39.9. The van der Waals surface area contributed by atoms with Gasteiger partial charge in [0.1, 0.15) is 10.3 Å². The Kier molecular flexibility index (Phi) is 36.1. The summed E-state index contributed by atoms with van der Waals surface area (Å²) in [7, 11) is 7.64. The summed E-state index contributed by atoms with van der Waals surface area (Å²) < 4.78 is 44.5. The van der Waals surface area contributed by atoms with E-state index < -0.39 is 31.0 Å². The van der Waals surface area contributed by atoms with E-state index in [9.17, 15) is 53.1 Å². The van der Waals surface area contributed by atoms with Gasteiger partial charge in [-0.1, -0.05) is 23.2 Å². The van der Waals surface area contributed by atoms with Crippen LogP contribution in [0, 0.1) is 35.5 Å². The summed E-state index contributed by atoms with van der Waals surface area (Å²) in [5.41, 5.74) is 10.1. The van der Waals surface area contributed by atoms with Crippen LogP contribution in [0.3, 0.4) is 0 Å². The number of nitrogens with two attached hydrogens (primary N) is 1. The van der Waals surface area contributed by atoms with Gasteiger partial charge in [0.05, 0.1) is 146 Å². The Morgan fingerprint density at radius 2 is 0.808 bits per heavy atom. The fourth-order valence-electron chi connectivity index (χ4n) is 11.7. The number of carbonyl (C=O) groups excluding carboxylic acids is 10. The number of aliphatic hydroxyl groups excluding tert-OH is 1. The van der Waals surface area contributed by atoms with Gasteiger partial charge >= 0.3 is 31.0 Å². The summed E-state index contributed by atoms with van der Waals surface area (Å²) in [6, 6.07) is 3.16. The number of primary amides is 1. The van der Waals surface area contributed by atoms with E-state index in [0.29, 0.717) is 83.2 Å². The lowest BCUT2D eigenvalue weighted by molar-refractivity contribution is -0.119. The summed E-state index contributed by atoms with van der Waals surface area (Å²) in [6.45, 7) is 4.54. The van der Waals surface area contributed by atoms with E-state index in [2.05, 4.69) is 121 Å². The highest BCUT2D eigenvalue weighted by molar-refractivity contribution is 9.10. The Morgan fingerprint density at radius 3 is 1.17 bits per heavy atom. The van der Waals surface area contributed by atoms with Crippen LogP contribution in [0.15, 0.2) is 87.8 Å². The Hall–Kier alpha value is -11.4. The van der Waals surface area contributed by atoms with Crippen LogP contribution in [-0.2, 0) is 75.1 Å². The van der Waals surface area contributed by atoms with Crippen molar-refractivity contribution < 1.29 is 105 Å². The number of ether oxygens (including phenoxy) is 7. The predicted molar refractivity (Wildman–Crippen MR) is 448 cm³/mol. The van der Waals surface area contributed by atoms with E-state index in [1.54, 1.807) is 18.5 Å². The molecule has 8 aromatic rings. The molecule has 6 aliphatic carbocycles. The number of carbonyl (C=O) groups is 10. The molecule has 0 spiro atoms. The zero-order chi connectivity index (χ0) is 89.8. The van der Waals surface area contributed by atoms with Crippen molar-refractivity contribution in [3.8, 4) is 11.3 Å². The first kappa shape index (κ1) is 95.8. The molecule has 41 nitrogen and oxygen atoms in total. The van der Waals surface area contributed by atoms with Gasteiger partial charge in [-0.25, -0.2) is 64.0 Å². The molecule has 3 aliphatic heterocycles.